The number of hydrogen-bond acceptors (Lipinski definition) is 2. The van der Waals surface area contributed by atoms with Gasteiger partial charge in [0.2, 0.25) is 5.91 Å². The lowest BCUT2D eigenvalue weighted by atomic mass is 10.2. The van der Waals surface area contributed by atoms with Crippen molar-refractivity contribution in [1.82, 2.24) is 4.90 Å². The second-order valence-corrected chi connectivity index (χ2v) is 4.39. The van der Waals surface area contributed by atoms with Gasteiger partial charge < -0.3 is 9.80 Å². The lowest BCUT2D eigenvalue weighted by Crippen LogP contribution is -2.32. The van der Waals surface area contributed by atoms with E-state index in [0.29, 0.717) is 6.42 Å². The van der Waals surface area contributed by atoms with Crippen LogP contribution in [-0.4, -0.2) is 38.0 Å². The van der Waals surface area contributed by atoms with Crippen molar-refractivity contribution in [2.24, 2.45) is 0 Å². The van der Waals surface area contributed by atoms with Gasteiger partial charge in [-0.2, -0.15) is 0 Å². The fourth-order valence-corrected chi connectivity index (χ4v) is 1.74. The van der Waals surface area contributed by atoms with Crippen molar-refractivity contribution in [3.63, 3.8) is 0 Å². The highest BCUT2D eigenvalue weighted by molar-refractivity contribution is 5.93. The molecule has 1 aromatic rings. The summed E-state index contributed by atoms with van der Waals surface area (Å²) in [7, 11) is 4.10. The smallest absolute Gasteiger partial charge is 0.226 e. The van der Waals surface area contributed by atoms with E-state index in [1.165, 1.54) is 0 Å². The minimum Gasteiger partial charge on any atom is -0.312 e. The van der Waals surface area contributed by atoms with E-state index < -0.39 is 0 Å². The van der Waals surface area contributed by atoms with Gasteiger partial charge in [0.1, 0.15) is 0 Å². The molecule has 1 aromatic carbocycles. The predicted octanol–water partition coefficient (Wildman–Crippen LogP) is 2.38. The van der Waals surface area contributed by atoms with Gasteiger partial charge in [0, 0.05) is 18.7 Å². The second-order valence-electron chi connectivity index (χ2n) is 4.39. The average molecular weight is 234 g/mol. The van der Waals surface area contributed by atoms with E-state index in [-0.39, 0.29) is 5.91 Å². The van der Waals surface area contributed by atoms with Crippen LogP contribution in [0.2, 0.25) is 0 Å². The number of para-hydroxylation sites is 1. The van der Waals surface area contributed by atoms with Crippen LogP contribution < -0.4 is 4.90 Å². The van der Waals surface area contributed by atoms with Crippen molar-refractivity contribution >= 4 is 11.6 Å². The molecule has 0 aromatic heterocycles. The molecule has 3 nitrogen and oxygen atoms in total. The first kappa shape index (κ1) is 13.7. The molecule has 0 saturated carbocycles. The monoisotopic (exact) mass is 234 g/mol. The van der Waals surface area contributed by atoms with Crippen molar-refractivity contribution in [2.75, 3.05) is 32.1 Å². The van der Waals surface area contributed by atoms with E-state index in [2.05, 4.69) is 19.0 Å². The van der Waals surface area contributed by atoms with Crippen LogP contribution in [0.4, 0.5) is 5.69 Å². The lowest BCUT2D eigenvalue weighted by Gasteiger charge is -2.23. The maximum atomic E-state index is 11.9. The van der Waals surface area contributed by atoms with E-state index in [4.69, 9.17) is 0 Å². The molecule has 3 heteroatoms. The van der Waals surface area contributed by atoms with Crippen LogP contribution in [0.3, 0.4) is 0 Å². The quantitative estimate of drug-likeness (QED) is 0.754. The topological polar surface area (TPSA) is 23.6 Å². The molecule has 0 N–H and O–H groups in total. The van der Waals surface area contributed by atoms with Crippen LogP contribution in [0.5, 0.6) is 0 Å². The summed E-state index contributed by atoms with van der Waals surface area (Å²) in [4.78, 5) is 15.9. The van der Waals surface area contributed by atoms with Crippen molar-refractivity contribution in [2.45, 2.75) is 19.8 Å². The van der Waals surface area contributed by atoms with Gasteiger partial charge in [-0.25, -0.2) is 0 Å². The minimum atomic E-state index is 0.190. The fraction of sp³-hybridized carbons (Fsp3) is 0.500. The van der Waals surface area contributed by atoms with Gasteiger partial charge in [-0.1, -0.05) is 25.1 Å². The van der Waals surface area contributed by atoms with Crippen LogP contribution in [-0.2, 0) is 4.79 Å². The normalized spacial score (nSPS) is 10.6. The number of anilines is 1. The number of carbonyl (C=O) groups excluding carboxylic acids is 1. The molecular formula is C14H22N2O. The summed E-state index contributed by atoms with van der Waals surface area (Å²) < 4.78 is 0. The van der Waals surface area contributed by atoms with Crippen LogP contribution in [0.25, 0.3) is 0 Å². The number of amides is 1. The SMILES string of the molecule is CCC(=O)N(CCCN(C)C)c1ccccc1. The third-order valence-electron chi connectivity index (χ3n) is 2.66. The third-order valence-corrected chi connectivity index (χ3v) is 2.66. The van der Waals surface area contributed by atoms with Crippen LogP contribution in [0.1, 0.15) is 19.8 Å². The fourth-order valence-electron chi connectivity index (χ4n) is 1.74. The number of benzene rings is 1. The molecule has 0 saturated heterocycles. The number of rotatable bonds is 6. The molecule has 0 aliphatic carbocycles. The zero-order valence-electron chi connectivity index (χ0n) is 11.0. The van der Waals surface area contributed by atoms with E-state index in [1.54, 1.807) is 0 Å². The van der Waals surface area contributed by atoms with Gasteiger partial charge in [0.25, 0.3) is 0 Å². The Balaban J connectivity index is 2.65. The molecule has 0 spiro atoms. The Bertz CT molecular complexity index is 335. The van der Waals surface area contributed by atoms with Crippen LogP contribution >= 0.6 is 0 Å². The maximum absolute atomic E-state index is 11.9. The lowest BCUT2D eigenvalue weighted by molar-refractivity contribution is -0.118. The van der Waals surface area contributed by atoms with Crippen LogP contribution in [0, 0.1) is 0 Å². The summed E-state index contributed by atoms with van der Waals surface area (Å²) in [5.74, 6) is 0.190. The van der Waals surface area contributed by atoms with Gasteiger partial charge >= 0.3 is 0 Å². The zero-order chi connectivity index (χ0) is 12.7. The van der Waals surface area contributed by atoms with Crippen molar-refractivity contribution in [3.8, 4) is 0 Å². The van der Waals surface area contributed by atoms with Gasteiger partial charge in [-0.3, -0.25) is 4.79 Å². The van der Waals surface area contributed by atoms with Gasteiger partial charge in [0.05, 0.1) is 0 Å². The molecule has 1 rings (SSSR count). The van der Waals surface area contributed by atoms with Crippen LogP contribution in [0.15, 0.2) is 30.3 Å². The molecule has 0 radical (unpaired) electrons. The standard InChI is InChI=1S/C14H22N2O/c1-4-14(17)16(12-8-11-15(2)3)13-9-6-5-7-10-13/h5-7,9-10H,4,8,11-12H2,1-3H3. The van der Waals surface area contributed by atoms with E-state index in [9.17, 15) is 4.79 Å². The third kappa shape index (κ3) is 4.57. The summed E-state index contributed by atoms with van der Waals surface area (Å²) >= 11 is 0. The molecule has 0 aliphatic rings. The molecular weight excluding hydrogens is 212 g/mol. The highest BCUT2D eigenvalue weighted by Crippen LogP contribution is 2.14. The Morgan fingerprint density at radius 3 is 2.29 bits per heavy atom. The maximum Gasteiger partial charge on any atom is 0.226 e. The van der Waals surface area contributed by atoms with Gasteiger partial charge in [-0.15, -0.1) is 0 Å². The molecule has 94 valence electrons. The van der Waals surface area contributed by atoms with Crippen molar-refractivity contribution < 1.29 is 4.79 Å². The average Bonchev–Trinajstić information content (AvgIpc) is 2.34. The van der Waals surface area contributed by atoms with Gasteiger partial charge in [0.15, 0.2) is 0 Å². The number of carbonyl (C=O) groups is 1. The summed E-state index contributed by atoms with van der Waals surface area (Å²) in [6.07, 6.45) is 1.55. The Morgan fingerprint density at radius 1 is 1.12 bits per heavy atom. The highest BCUT2D eigenvalue weighted by atomic mass is 16.2. The van der Waals surface area contributed by atoms with Crippen molar-refractivity contribution in [3.05, 3.63) is 30.3 Å². The molecule has 0 heterocycles. The second kappa shape index (κ2) is 7.07. The molecule has 1 amide bonds. The molecule has 0 aliphatic heterocycles. The van der Waals surface area contributed by atoms with Gasteiger partial charge in [-0.05, 0) is 39.2 Å². The summed E-state index contributed by atoms with van der Waals surface area (Å²) in [6, 6.07) is 9.89. The Labute approximate surface area is 104 Å². The largest absolute Gasteiger partial charge is 0.312 e. The Hall–Kier alpha value is -1.35. The highest BCUT2D eigenvalue weighted by Gasteiger charge is 2.12. The Kier molecular flexibility index (Phi) is 5.70. The Morgan fingerprint density at radius 2 is 1.76 bits per heavy atom. The minimum absolute atomic E-state index is 0.190. The predicted molar refractivity (Wildman–Crippen MR) is 72.3 cm³/mol. The molecule has 17 heavy (non-hydrogen) atoms. The molecule has 0 unspecified atom stereocenters. The number of hydrogen-bond donors (Lipinski definition) is 0. The number of nitrogens with zero attached hydrogens (tertiary/aromatic N) is 2. The summed E-state index contributed by atoms with van der Waals surface area (Å²) in [5.41, 5.74) is 0.998. The first-order valence-electron chi connectivity index (χ1n) is 6.15. The zero-order valence-corrected chi connectivity index (χ0v) is 11.0. The molecule has 0 fully saturated rings. The first-order chi connectivity index (χ1) is 8.15. The summed E-state index contributed by atoms with van der Waals surface area (Å²) in [6.45, 7) is 3.69. The molecule has 0 atom stereocenters. The first-order valence-corrected chi connectivity index (χ1v) is 6.15. The van der Waals surface area contributed by atoms with E-state index in [1.807, 2.05) is 42.2 Å². The van der Waals surface area contributed by atoms with E-state index >= 15 is 0 Å². The summed E-state index contributed by atoms with van der Waals surface area (Å²) in [5, 5.41) is 0. The molecule has 0 bridgehead atoms. The van der Waals surface area contributed by atoms with E-state index in [0.717, 1.165) is 25.2 Å². The van der Waals surface area contributed by atoms with Crippen molar-refractivity contribution in [1.29, 1.82) is 0 Å².